The van der Waals surface area contributed by atoms with Crippen LogP contribution in [0.15, 0.2) is 18.2 Å². The van der Waals surface area contributed by atoms with Gasteiger partial charge in [0.05, 0.1) is 11.1 Å². The maximum atomic E-state index is 12.9. The predicted molar refractivity (Wildman–Crippen MR) is 77.0 cm³/mol. The molecule has 1 unspecified atom stereocenters. The van der Waals surface area contributed by atoms with Crippen LogP contribution in [-0.4, -0.2) is 17.0 Å². The molecule has 0 aliphatic carbocycles. The summed E-state index contributed by atoms with van der Waals surface area (Å²) in [6.07, 6.45) is -9.65. The molecule has 0 heterocycles. The molecule has 0 N–H and O–H groups in total. The maximum Gasteiger partial charge on any atom is 0.416 e. The Labute approximate surface area is 132 Å². The van der Waals surface area contributed by atoms with Crippen molar-refractivity contribution >= 4 is 0 Å². The van der Waals surface area contributed by atoms with E-state index < -0.39 is 29.5 Å². The Morgan fingerprint density at radius 3 is 1.30 bits per heavy atom. The van der Waals surface area contributed by atoms with Crippen molar-refractivity contribution in [3.8, 4) is 0 Å². The SMILES string of the molecule is CC(C)N(C(C)C)C(C)c1cc(C(F)(F)F)cc(C(F)(F)F)c1. The van der Waals surface area contributed by atoms with E-state index in [1.807, 2.05) is 32.6 Å². The molecule has 7 heteroatoms. The van der Waals surface area contributed by atoms with E-state index in [0.717, 1.165) is 12.1 Å². The lowest BCUT2D eigenvalue weighted by atomic mass is 9.97. The minimum Gasteiger partial charge on any atom is -0.292 e. The lowest BCUT2D eigenvalue weighted by molar-refractivity contribution is -0.143. The van der Waals surface area contributed by atoms with Gasteiger partial charge in [-0.05, 0) is 58.4 Å². The highest BCUT2D eigenvalue weighted by atomic mass is 19.4. The zero-order chi connectivity index (χ0) is 18.2. The van der Waals surface area contributed by atoms with Crippen LogP contribution < -0.4 is 0 Å². The van der Waals surface area contributed by atoms with Gasteiger partial charge in [-0.15, -0.1) is 0 Å². The van der Waals surface area contributed by atoms with Crippen LogP contribution in [0.4, 0.5) is 26.3 Å². The number of hydrogen-bond donors (Lipinski definition) is 0. The second-order valence-corrected chi connectivity index (χ2v) is 6.15. The van der Waals surface area contributed by atoms with Crippen LogP contribution in [0.5, 0.6) is 0 Å². The zero-order valence-electron chi connectivity index (χ0n) is 13.7. The van der Waals surface area contributed by atoms with Gasteiger partial charge >= 0.3 is 12.4 Å². The summed E-state index contributed by atoms with van der Waals surface area (Å²) >= 11 is 0. The molecule has 1 nitrogen and oxygen atoms in total. The Kier molecular flexibility index (Phi) is 5.78. The third-order valence-electron chi connectivity index (χ3n) is 3.73. The van der Waals surface area contributed by atoms with Crippen molar-refractivity contribution in [1.29, 1.82) is 0 Å². The molecule has 1 aromatic carbocycles. The number of rotatable bonds is 4. The monoisotopic (exact) mass is 341 g/mol. The van der Waals surface area contributed by atoms with Crippen LogP contribution in [0.2, 0.25) is 0 Å². The highest BCUT2D eigenvalue weighted by Crippen LogP contribution is 2.38. The first-order valence-corrected chi connectivity index (χ1v) is 7.32. The molecule has 0 amide bonds. The summed E-state index contributed by atoms with van der Waals surface area (Å²) in [6, 6.07) is 1.15. The number of halogens is 6. The quantitative estimate of drug-likeness (QED) is 0.616. The minimum absolute atomic E-state index is 0.00884. The molecular formula is C16H21F6N. The Morgan fingerprint density at radius 1 is 0.696 bits per heavy atom. The van der Waals surface area contributed by atoms with Crippen molar-refractivity contribution in [2.45, 2.75) is 65.1 Å². The minimum atomic E-state index is -4.82. The van der Waals surface area contributed by atoms with Gasteiger partial charge in [0.1, 0.15) is 0 Å². The van der Waals surface area contributed by atoms with Crippen LogP contribution >= 0.6 is 0 Å². The molecule has 1 aromatic rings. The largest absolute Gasteiger partial charge is 0.416 e. The van der Waals surface area contributed by atoms with Gasteiger partial charge in [-0.3, -0.25) is 4.90 Å². The molecule has 0 radical (unpaired) electrons. The van der Waals surface area contributed by atoms with Crippen molar-refractivity contribution in [2.75, 3.05) is 0 Å². The molecule has 1 rings (SSSR count). The molecule has 0 saturated heterocycles. The molecular weight excluding hydrogens is 320 g/mol. The Bertz CT molecular complexity index is 490. The molecule has 0 aliphatic rings. The molecule has 0 fully saturated rings. The summed E-state index contributed by atoms with van der Waals surface area (Å²) in [4.78, 5) is 1.87. The van der Waals surface area contributed by atoms with E-state index >= 15 is 0 Å². The van der Waals surface area contributed by atoms with Crippen molar-refractivity contribution in [1.82, 2.24) is 4.90 Å². The van der Waals surface area contributed by atoms with E-state index in [4.69, 9.17) is 0 Å². The molecule has 0 aliphatic heterocycles. The van der Waals surface area contributed by atoms with E-state index in [1.165, 1.54) is 0 Å². The highest BCUT2D eigenvalue weighted by molar-refractivity contribution is 5.35. The van der Waals surface area contributed by atoms with Crippen LogP contribution in [0.25, 0.3) is 0 Å². The van der Waals surface area contributed by atoms with Gasteiger partial charge in [0.25, 0.3) is 0 Å². The number of benzene rings is 1. The lowest BCUT2D eigenvalue weighted by Crippen LogP contribution is -2.39. The smallest absolute Gasteiger partial charge is 0.292 e. The molecule has 0 bridgehead atoms. The van der Waals surface area contributed by atoms with Gasteiger partial charge < -0.3 is 0 Å². The average Bonchev–Trinajstić information content (AvgIpc) is 2.35. The van der Waals surface area contributed by atoms with E-state index in [0.29, 0.717) is 0 Å². The molecule has 0 spiro atoms. The second kappa shape index (κ2) is 6.71. The van der Waals surface area contributed by atoms with Crippen LogP contribution in [0, 0.1) is 0 Å². The molecule has 1 atom stereocenters. The summed E-state index contributed by atoms with van der Waals surface area (Å²) in [5.41, 5.74) is -2.54. The van der Waals surface area contributed by atoms with E-state index in [9.17, 15) is 26.3 Å². The standard InChI is InChI=1S/C16H21F6N/c1-9(2)23(10(3)4)11(5)12-6-13(15(17,18)19)8-14(7-12)16(20,21)22/h6-11H,1-5H3. The zero-order valence-corrected chi connectivity index (χ0v) is 13.7. The van der Waals surface area contributed by atoms with Gasteiger partial charge in [-0.1, -0.05) is 0 Å². The van der Waals surface area contributed by atoms with Gasteiger partial charge in [-0.2, -0.15) is 26.3 Å². The van der Waals surface area contributed by atoms with Crippen LogP contribution in [0.3, 0.4) is 0 Å². The fourth-order valence-corrected chi connectivity index (χ4v) is 2.88. The van der Waals surface area contributed by atoms with Crippen LogP contribution in [-0.2, 0) is 12.4 Å². The Hall–Kier alpha value is -1.24. The third kappa shape index (κ3) is 4.86. The Balaban J connectivity index is 3.45. The van der Waals surface area contributed by atoms with Crippen molar-refractivity contribution in [3.63, 3.8) is 0 Å². The van der Waals surface area contributed by atoms with Crippen molar-refractivity contribution < 1.29 is 26.3 Å². The number of hydrogen-bond acceptors (Lipinski definition) is 1. The summed E-state index contributed by atoms with van der Waals surface area (Å²) in [6.45, 7) is 9.04. The molecule has 132 valence electrons. The third-order valence-corrected chi connectivity index (χ3v) is 3.73. The molecule has 0 aromatic heterocycles. The van der Waals surface area contributed by atoms with Gasteiger partial charge in [-0.25, -0.2) is 0 Å². The summed E-state index contributed by atoms with van der Waals surface area (Å²) in [5.74, 6) is 0. The fraction of sp³-hybridized carbons (Fsp3) is 0.625. The summed E-state index contributed by atoms with van der Waals surface area (Å²) in [7, 11) is 0. The van der Waals surface area contributed by atoms with Crippen LogP contribution in [0.1, 0.15) is 57.4 Å². The Morgan fingerprint density at radius 2 is 1.04 bits per heavy atom. The predicted octanol–water partition coefficient (Wildman–Crippen LogP) is 5.90. The van der Waals surface area contributed by atoms with E-state index in [1.54, 1.807) is 6.92 Å². The van der Waals surface area contributed by atoms with Gasteiger partial charge in [0.2, 0.25) is 0 Å². The maximum absolute atomic E-state index is 12.9. The first-order valence-electron chi connectivity index (χ1n) is 7.32. The van der Waals surface area contributed by atoms with Crippen molar-refractivity contribution in [3.05, 3.63) is 34.9 Å². The van der Waals surface area contributed by atoms with Crippen molar-refractivity contribution in [2.24, 2.45) is 0 Å². The summed E-state index contributed by atoms with van der Waals surface area (Å²) < 4.78 is 77.6. The second-order valence-electron chi connectivity index (χ2n) is 6.15. The molecule has 0 saturated carbocycles. The van der Waals surface area contributed by atoms with E-state index in [-0.39, 0.29) is 23.7 Å². The van der Waals surface area contributed by atoms with Gasteiger partial charge in [0.15, 0.2) is 0 Å². The molecule has 23 heavy (non-hydrogen) atoms. The number of nitrogens with zero attached hydrogens (tertiary/aromatic N) is 1. The first kappa shape index (κ1) is 19.8. The fourth-order valence-electron chi connectivity index (χ4n) is 2.88. The van der Waals surface area contributed by atoms with E-state index in [2.05, 4.69) is 0 Å². The first-order chi connectivity index (χ1) is 10.2. The highest BCUT2D eigenvalue weighted by Gasteiger charge is 2.37. The van der Waals surface area contributed by atoms with Gasteiger partial charge in [0, 0.05) is 18.1 Å². The summed E-state index contributed by atoms with van der Waals surface area (Å²) in [5, 5.41) is 0. The lowest BCUT2D eigenvalue weighted by Gasteiger charge is -2.37. The normalized spacial score (nSPS) is 14.9. The average molecular weight is 341 g/mol. The topological polar surface area (TPSA) is 3.24 Å². The number of alkyl halides is 6.